The van der Waals surface area contributed by atoms with Gasteiger partial charge in [0.15, 0.2) is 0 Å². The molecule has 0 spiro atoms. The van der Waals surface area contributed by atoms with Gasteiger partial charge in [0.25, 0.3) is 11.8 Å². The smallest absolute Gasteiger partial charge is 0.272 e. The molecule has 51 heavy (non-hydrogen) atoms. The minimum absolute atomic E-state index is 0.0164. The molecule has 0 fully saturated rings. The molecule has 3 amide bonds. The number of para-hydroxylation sites is 1. The third-order valence-electron chi connectivity index (χ3n) is 7.47. The minimum atomic E-state index is -0.696. The summed E-state index contributed by atoms with van der Waals surface area (Å²) < 4.78 is 16.5. The van der Waals surface area contributed by atoms with E-state index in [0.29, 0.717) is 56.3 Å². The molecule has 3 N–H and O–H groups in total. The van der Waals surface area contributed by atoms with Gasteiger partial charge in [0.05, 0.1) is 31.5 Å². The largest absolute Gasteiger partial charge is 0.495 e. The highest BCUT2D eigenvalue weighted by Gasteiger charge is 2.24. The van der Waals surface area contributed by atoms with Crippen LogP contribution in [0.5, 0.6) is 17.2 Å². The van der Waals surface area contributed by atoms with Gasteiger partial charge in [-0.3, -0.25) is 14.4 Å². The van der Waals surface area contributed by atoms with Crippen LogP contribution in [0, 0.1) is 0 Å². The van der Waals surface area contributed by atoms with Crippen LogP contribution in [0.4, 0.5) is 11.4 Å². The van der Waals surface area contributed by atoms with Gasteiger partial charge in [0, 0.05) is 27.8 Å². The summed E-state index contributed by atoms with van der Waals surface area (Å²) in [7, 11) is 2.99. The maximum absolute atomic E-state index is 13.9. The quantitative estimate of drug-likeness (QED) is 0.0777. The number of ether oxygens (including phenoxy) is 3. The predicted molar refractivity (Wildman–Crippen MR) is 203 cm³/mol. The lowest BCUT2D eigenvalue weighted by molar-refractivity contribution is -0.116. The fourth-order valence-electron chi connectivity index (χ4n) is 5.02. The van der Waals surface area contributed by atoms with E-state index in [4.69, 9.17) is 25.8 Å². The predicted octanol–water partition coefficient (Wildman–Crippen LogP) is 8.64. The van der Waals surface area contributed by atoms with E-state index in [9.17, 15) is 14.4 Å². The van der Waals surface area contributed by atoms with Crippen molar-refractivity contribution in [1.29, 1.82) is 0 Å². The number of nitrogens with one attached hydrogen (secondary N) is 3. The Balaban J connectivity index is 1.41. The van der Waals surface area contributed by atoms with Crippen LogP contribution >= 0.6 is 23.4 Å². The van der Waals surface area contributed by atoms with Gasteiger partial charge in [-0.2, -0.15) is 0 Å². The second-order valence-electron chi connectivity index (χ2n) is 10.9. The first-order valence-electron chi connectivity index (χ1n) is 15.9. The monoisotopic (exact) mass is 721 g/mol. The first kappa shape index (κ1) is 36.6. The van der Waals surface area contributed by atoms with Crippen molar-refractivity contribution in [3.05, 3.63) is 149 Å². The van der Waals surface area contributed by atoms with E-state index in [0.717, 1.165) is 5.56 Å². The molecule has 5 rings (SSSR count). The number of halogens is 1. The Bertz CT molecular complexity index is 2020. The molecular weight excluding hydrogens is 686 g/mol. The molecule has 9 nitrogen and oxygen atoms in total. The Morgan fingerprint density at radius 2 is 1.45 bits per heavy atom. The molecular formula is C40H36ClN3O6S. The second kappa shape index (κ2) is 17.8. The van der Waals surface area contributed by atoms with Gasteiger partial charge < -0.3 is 30.2 Å². The average molecular weight is 722 g/mol. The zero-order valence-corrected chi connectivity index (χ0v) is 29.7. The van der Waals surface area contributed by atoms with Crippen molar-refractivity contribution >= 4 is 58.5 Å². The van der Waals surface area contributed by atoms with E-state index in [2.05, 4.69) is 16.0 Å². The molecule has 0 aromatic heterocycles. The second-order valence-corrected chi connectivity index (χ2v) is 12.5. The zero-order chi connectivity index (χ0) is 36.2. The van der Waals surface area contributed by atoms with Gasteiger partial charge in [0.1, 0.15) is 28.2 Å². The van der Waals surface area contributed by atoms with E-state index >= 15 is 0 Å². The first-order valence-corrected chi connectivity index (χ1v) is 17.2. The van der Waals surface area contributed by atoms with E-state index in [1.165, 1.54) is 26.0 Å². The molecule has 0 radical (unpaired) electrons. The summed E-state index contributed by atoms with van der Waals surface area (Å²) in [5.41, 5.74) is 2.64. The molecule has 0 saturated carbocycles. The van der Waals surface area contributed by atoms with Gasteiger partial charge in [-0.25, -0.2) is 0 Å². The van der Waals surface area contributed by atoms with Crippen LogP contribution in [0.15, 0.2) is 132 Å². The Morgan fingerprint density at radius 1 is 0.765 bits per heavy atom. The molecule has 1 atom stereocenters. The topological polar surface area (TPSA) is 115 Å². The lowest BCUT2D eigenvalue weighted by Crippen LogP contribution is -2.30. The van der Waals surface area contributed by atoms with Crippen molar-refractivity contribution in [2.45, 2.75) is 17.1 Å². The number of amides is 3. The van der Waals surface area contributed by atoms with E-state index in [1.54, 1.807) is 78.9 Å². The van der Waals surface area contributed by atoms with Gasteiger partial charge in [-0.15, -0.1) is 11.8 Å². The molecule has 5 aromatic rings. The maximum atomic E-state index is 13.9. The van der Waals surface area contributed by atoms with E-state index in [1.807, 2.05) is 55.5 Å². The van der Waals surface area contributed by atoms with E-state index < -0.39 is 17.1 Å². The van der Waals surface area contributed by atoms with Gasteiger partial charge in [-0.1, -0.05) is 84.4 Å². The highest BCUT2D eigenvalue weighted by Crippen LogP contribution is 2.40. The number of methoxy groups -OCH3 is 2. The standard InChI is InChI=1S/C40H36ClN3O6S/c1-4-50-34-21-12-11-18-28(34)22-33(44-38(45)27-16-9-6-10-17-27)39(46)42-29-19-13-20-30(23-29)51-37(26-14-7-5-8-15-26)40(47)43-32-24-31(41)35(48-2)25-36(32)49-3/h5-25,37H,4H2,1-3H3,(H,42,46)(H,43,47)(H,44,45)/b33-22+. The molecule has 0 aliphatic rings. The minimum Gasteiger partial charge on any atom is -0.495 e. The third-order valence-corrected chi connectivity index (χ3v) is 9.01. The molecule has 0 heterocycles. The summed E-state index contributed by atoms with van der Waals surface area (Å²) in [6.07, 6.45) is 1.58. The summed E-state index contributed by atoms with van der Waals surface area (Å²) in [4.78, 5) is 41.6. The van der Waals surface area contributed by atoms with Crippen LogP contribution in [0.3, 0.4) is 0 Å². The van der Waals surface area contributed by atoms with Crippen molar-refractivity contribution < 1.29 is 28.6 Å². The summed E-state index contributed by atoms with van der Waals surface area (Å²) in [5, 5.41) is 8.24. The number of hydrogen-bond acceptors (Lipinski definition) is 7. The maximum Gasteiger partial charge on any atom is 0.272 e. The SMILES string of the molecule is CCOc1ccccc1/C=C(/NC(=O)c1ccccc1)C(=O)Nc1cccc(SC(C(=O)Nc2cc(Cl)c(OC)cc2OC)c2ccccc2)c1. The zero-order valence-electron chi connectivity index (χ0n) is 28.1. The summed E-state index contributed by atoms with van der Waals surface area (Å²) in [5.74, 6) is 0.0587. The normalized spacial score (nSPS) is 11.6. The number of anilines is 2. The first-order chi connectivity index (χ1) is 24.8. The van der Waals surface area contributed by atoms with Crippen molar-refractivity contribution in [3.63, 3.8) is 0 Å². The third kappa shape index (κ3) is 9.72. The number of benzene rings is 5. The molecule has 0 saturated heterocycles. The number of carbonyl (C=O) groups is 3. The van der Waals surface area contributed by atoms with Gasteiger partial charge in [-0.05, 0) is 61.0 Å². The average Bonchev–Trinajstić information content (AvgIpc) is 3.15. The molecule has 11 heteroatoms. The van der Waals surface area contributed by atoms with Crippen molar-refractivity contribution in [2.75, 3.05) is 31.5 Å². The molecule has 0 bridgehead atoms. The number of rotatable bonds is 14. The fraction of sp³-hybridized carbons (Fsp3) is 0.125. The fourth-order valence-corrected chi connectivity index (χ4v) is 6.35. The molecule has 0 aliphatic carbocycles. The van der Waals surface area contributed by atoms with Crippen LogP contribution in [0.25, 0.3) is 6.08 Å². The van der Waals surface area contributed by atoms with Crippen molar-refractivity contribution in [1.82, 2.24) is 5.32 Å². The Morgan fingerprint density at radius 3 is 2.16 bits per heavy atom. The van der Waals surface area contributed by atoms with Crippen LogP contribution < -0.4 is 30.2 Å². The van der Waals surface area contributed by atoms with Gasteiger partial charge >= 0.3 is 0 Å². The van der Waals surface area contributed by atoms with Crippen molar-refractivity contribution in [2.24, 2.45) is 0 Å². The Labute approximate surface area is 306 Å². The summed E-state index contributed by atoms with van der Waals surface area (Å²) in [6.45, 7) is 2.30. The van der Waals surface area contributed by atoms with Crippen LogP contribution in [-0.4, -0.2) is 38.5 Å². The number of hydrogen-bond donors (Lipinski definition) is 3. The number of thioether (sulfide) groups is 1. The van der Waals surface area contributed by atoms with Gasteiger partial charge in [0.2, 0.25) is 5.91 Å². The highest BCUT2D eigenvalue weighted by molar-refractivity contribution is 8.00. The van der Waals surface area contributed by atoms with Crippen LogP contribution in [0.2, 0.25) is 5.02 Å². The van der Waals surface area contributed by atoms with Crippen molar-refractivity contribution in [3.8, 4) is 17.2 Å². The van der Waals surface area contributed by atoms with E-state index in [-0.39, 0.29) is 11.6 Å². The molecule has 0 aliphatic heterocycles. The summed E-state index contributed by atoms with van der Waals surface area (Å²) >= 11 is 7.67. The Hall–Kier alpha value is -5.71. The van der Waals surface area contributed by atoms with Crippen LogP contribution in [-0.2, 0) is 9.59 Å². The lowest BCUT2D eigenvalue weighted by Gasteiger charge is -2.19. The lowest BCUT2D eigenvalue weighted by atomic mass is 10.1. The molecule has 5 aromatic carbocycles. The highest BCUT2D eigenvalue weighted by atomic mass is 35.5. The van der Waals surface area contributed by atoms with Crippen LogP contribution in [0.1, 0.15) is 33.7 Å². The number of carbonyl (C=O) groups excluding carboxylic acids is 3. The molecule has 1 unspecified atom stereocenters. The Kier molecular flexibility index (Phi) is 12.8. The molecule has 260 valence electrons. The summed E-state index contributed by atoms with van der Waals surface area (Å²) in [6, 6.07) is 35.5.